The van der Waals surface area contributed by atoms with E-state index in [-0.39, 0.29) is 23.8 Å². The molecule has 0 bridgehead atoms. The molecule has 1 amide bonds. The maximum Gasteiger partial charge on any atom is 0.237 e. The Labute approximate surface area is 141 Å². The normalized spacial score (nSPS) is 21.0. The third-order valence-electron chi connectivity index (χ3n) is 4.58. The zero-order chi connectivity index (χ0) is 16.9. The van der Waals surface area contributed by atoms with Crippen molar-refractivity contribution in [1.82, 2.24) is 19.4 Å². The highest BCUT2D eigenvalue weighted by molar-refractivity contribution is 5.86. The Bertz CT molecular complexity index is 684. The van der Waals surface area contributed by atoms with E-state index in [1.807, 2.05) is 17.0 Å². The van der Waals surface area contributed by atoms with Gasteiger partial charge in [-0.2, -0.15) is 0 Å². The number of aromatic nitrogens is 3. The Morgan fingerprint density at radius 2 is 2.04 bits per heavy atom. The molecule has 2 aromatic heterocycles. The van der Waals surface area contributed by atoms with Crippen LogP contribution in [0.2, 0.25) is 0 Å². The fraction of sp³-hybridized carbons (Fsp3) is 0.444. The van der Waals surface area contributed by atoms with Gasteiger partial charge in [0.25, 0.3) is 0 Å². The number of likely N-dealkylation sites (tertiary alicyclic amines) is 1. The zero-order valence-corrected chi connectivity index (χ0v) is 13.8. The number of rotatable bonds is 5. The van der Waals surface area contributed by atoms with Gasteiger partial charge in [0.05, 0.1) is 12.0 Å². The lowest BCUT2D eigenvalue weighted by molar-refractivity contribution is -0.138. The zero-order valence-electron chi connectivity index (χ0n) is 13.8. The van der Waals surface area contributed by atoms with Crippen LogP contribution >= 0.6 is 0 Å². The number of amides is 1. The molecule has 0 aliphatic carbocycles. The van der Waals surface area contributed by atoms with Crippen LogP contribution in [-0.2, 0) is 4.79 Å². The van der Waals surface area contributed by atoms with E-state index >= 15 is 0 Å². The maximum atomic E-state index is 12.9. The number of unbranched alkanes of at least 4 members (excludes halogenated alkanes) is 1. The summed E-state index contributed by atoms with van der Waals surface area (Å²) in [6.45, 7) is 2.78. The standard InChI is InChI=1S/C18H22N4O2/c1-2-3-11-22-16(23)5-4-15(18(24)21-12-10-20-13-21)17(22)14-6-8-19-9-7-14/h6-10,12-13,15,17H,2-5,11H2,1H3. The van der Waals surface area contributed by atoms with E-state index in [9.17, 15) is 9.59 Å². The first-order valence-corrected chi connectivity index (χ1v) is 8.44. The molecule has 0 aromatic carbocycles. The average Bonchev–Trinajstić information content (AvgIpc) is 3.15. The van der Waals surface area contributed by atoms with Crippen LogP contribution in [0.5, 0.6) is 0 Å². The summed E-state index contributed by atoms with van der Waals surface area (Å²) >= 11 is 0. The van der Waals surface area contributed by atoms with Crippen LogP contribution in [0.4, 0.5) is 0 Å². The van der Waals surface area contributed by atoms with Gasteiger partial charge < -0.3 is 4.90 Å². The topological polar surface area (TPSA) is 68.1 Å². The lowest BCUT2D eigenvalue weighted by atomic mass is 9.83. The molecule has 1 aliphatic rings. The highest BCUT2D eigenvalue weighted by atomic mass is 16.2. The third kappa shape index (κ3) is 3.22. The number of imidazole rings is 1. The molecule has 0 spiro atoms. The molecule has 6 nitrogen and oxygen atoms in total. The van der Waals surface area contributed by atoms with Gasteiger partial charge in [0.15, 0.2) is 0 Å². The third-order valence-corrected chi connectivity index (χ3v) is 4.58. The summed E-state index contributed by atoms with van der Waals surface area (Å²) in [6, 6.07) is 3.56. The molecule has 1 saturated heterocycles. The number of hydrogen-bond donors (Lipinski definition) is 0. The molecule has 3 heterocycles. The Morgan fingerprint density at radius 3 is 2.71 bits per heavy atom. The summed E-state index contributed by atoms with van der Waals surface area (Å²) in [4.78, 5) is 35.4. The quantitative estimate of drug-likeness (QED) is 0.847. The van der Waals surface area contributed by atoms with Crippen molar-refractivity contribution in [2.45, 2.75) is 38.6 Å². The summed E-state index contributed by atoms with van der Waals surface area (Å²) in [6.07, 6.45) is 11.1. The Balaban J connectivity index is 1.96. The minimum Gasteiger partial charge on any atom is -0.335 e. The summed E-state index contributed by atoms with van der Waals surface area (Å²) in [5, 5.41) is 0. The van der Waals surface area contributed by atoms with Crippen molar-refractivity contribution in [2.75, 3.05) is 6.54 Å². The molecule has 1 fully saturated rings. The van der Waals surface area contributed by atoms with Gasteiger partial charge in [0.1, 0.15) is 6.33 Å². The van der Waals surface area contributed by atoms with Gasteiger partial charge in [0, 0.05) is 37.8 Å². The predicted octanol–water partition coefficient (Wildman–Crippen LogP) is 2.70. The van der Waals surface area contributed by atoms with Crippen molar-refractivity contribution in [1.29, 1.82) is 0 Å². The first kappa shape index (κ1) is 16.4. The monoisotopic (exact) mass is 326 g/mol. The molecule has 0 saturated carbocycles. The van der Waals surface area contributed by atoms with E-state index in [4.69, 9.17) is 0 Å². The van der Waals surface area contributed by atoms with Crippen LogP contribution in [0, 0.1) is 5.92 Å². The summed E-state index contributed by atoms with van der Waals surface area (Å²) in [7, 11) is 0. The van der Waals surface area contributed by atoms with Gasteiger partial charge in [-0.3, -0.25) is 19.1 Å². The van der Waals surface area contributed by atoms with Gasteiger partial charge in [-0.1, -0.05) is 13.3 Å². The number of piperidine rings is 1. The molecule has 2 unspecified atom stereocenters. The van der Waals surface area contributed by atoms with E-state index in [0.29, 0.717) is 19.4 Å². The Kier molecular flexibility index (Phi) is 5.03. The average molecular weight is 326 g/mol. The smallest absolute Gasteiger partial charge is 0.237 e. The first-order valence-electron chi connectivity index (χ1n) is 8.44. The van der Waals surface area contributed by atoms with Crippen LogP contribution in [0.15, 0.2) is 43.2 Å². The lowest BCUT2D eigenvalue weighted by Gasteiger charge is -2.40. The van der Waals surface area contributed by atoms with Gasteiger partial charge in [-0.15, -0.1) is 0 Å². The van der Waals surface area contributed by atoms with Crippen LogP contribution in [0.3, 0.4) is 0 Å². The molecular weight excluding hydrogens is 304 g/mol. The van der Waals surface area contributed by atoms with E-state index in [0.717, 1.165) is 18.4 Å². The number of pyridine rings is 1. The number of carbonyl (C=O) groups excluding carboxylic acids is 2. The predicted molar refractivity (Wildman–Crippen MR) is 89.2 cm³/mol. The molecule has 24 heavy (non-hydrogen) atoms. The molecule has 3 rings (SSSR count). The minimum absolute atomic E-state index is 0.0108. The first-order chi connectivity index (χ1) is 11.7. The van der Waals surface area contributed by atoms with Crippen molar-refractivity contribution in [3.63, 3.8) is 0 Å². The fourth-order valence-electron chi connectivity index (χ4n) is 3.36. The SMILES string of the molecule is CCCCN1C(=O)CCC(C(=O)n2ccnc2)C1c1ccncc1. The molecule has 1 aliphatic heterocycles. The minimum atomic E-state index is -0.267. The van der Waals surface area contributed by atoms with Crippen molar-refractivity contribution in [3.05, 3.63) is 48.8 Å². The molecule has 0 N–H and O–H groups in total. The van der Waals surface area contributed by atoms with Crippen LogP contribution in [0.1, 0.15) is 49.0 Å². The highest BCUT2D eigenvalue weighted by Crippen LogP contribution is 2.37. The van der Waals surface area contributed by atoms with Crippen molar-refractivity contribution < 1.29 is 9.59 Å². The highest BCUT2D eigenvalue weighted by Gasteiger charge is 2.40. The molecule has 2 atom stereocenters. The van der Waals surface area contributed by atoms with E-state index in [2.05, 4.69) is 16.9 Å². The van der Waals surface area contributed by atoms with Crippen LogP contribution in [0.25, 0.3) is 0 Å². The van der Waals surface area contributed by atoms with Crippen molar-refractivity contribution in [3.8, 4) is 0 Å². The van der Waals surface area contributed by atoms with Crippen molar-refractivity contribution in [2.24, 2.45) is 5.92 Å². The van der Waals surface area contributed by atoms with Gasteiger partial charge >= 0.3 is 0 Å². The lowest BCUT2D eigenvalue weighted by Crippen LogP contribution is -2.46. The summed E-state index contributed by atoms with van der Waals surface area (Å²) in [5.41, 5.74) is 0.965. The molecular formula is C18H22N4O2. The second-order valence-electron chi connectivity index (χ2n) is 6.12. The van der Waals surface area contributed by atoms with Crippen LogP contribution in [-0.4, -0.2) is 37.8 Å². The Hall–Kier alpha value is -2.50. The van der Waals surface area contributed by atoms with Crippen molar-refractivity contribution >= 4 is 11.8 Å². The van der Waals surface area contributed by atoms with Gasteiger partial charge in [-0.05, 0) is 30.5 Å². The summed E-state index contributed by atoms with van der Waals surface area (Å²) < 4.78 is 1.52. The van der Waals surface area contributed by atoms with Gasteiger partial charge in [-0.25, -0.2) is 4.98 Å². The number of hydrogen-bond acceptors (Lipinski definition) is 4. The molecule has 0 radical (unpaired) electrons. The number of carbonyl (C=O) groups is 2. The maximum absolute atomic E-state index is 12.9. The second-order valence-corrected chi connectivity index (χ2v) is 6.12. The Morgan fingerprint density at radius 1 is 1.25 bits per heavy atom. The van der Waals surface area contributed by atoms with Gasteiger partial charge in [0.2, 0.25) is 11.8 Å². The van der Waals surface area contributed by atoms with E-state index in [1.54, 1.807) is 24.8 Å². The largest absolute Gasteiger partial charge is 0.335 e. The van der Waals surface area contributed by atoms with Crippen LogP contribution < -0.4 is 0 Å². The summed E-state index contributed by atoms with van der Waals surface area (Å²) in [5.74, 6) is -0.153. The van der Waals surface area contributed by atoms with E-state index in [1.165, 1.54) is 10.9 Å². The molecule has 126 valence electrons. The molecule has 6 heteroatoms. The second kappa shape index (κ2) is 7.38. The van der Waals surface area contributed by atoms with E-state index < -0.39 is 0 Å². The number of nitrogens with zero attached hydrogens (tertiary/aromatic N) is 4. The molecule has 2 aromatic rings. The fourth-order valence-corrected chi connectivity index (χ4v) is 3.36.